The van der Waals surface area contributed by atoms with E-state index < -0.39 is 20.0 Å². The molecule has 0 aliphatic carbocycles. The van der Waals surface area contributed by atoms with Gasteiger partial charge in [-0.3, -0.25) is 9.59 Å². The summed E-state index contributed by atoms with van der Waals surface area (Å²) in [7, 11) is -7.14. The van der Waals surface area contributed by atoms with E-state index in [2.05, 4.69) is 10.6 Å². The molecule has 0 radical (unpaired) electrons. The zero-order valence-corrected chi connectivity index (χ0v) is 24.3. The number of carbonyl (C=O) groups is 2. The summed E-state index contributed by atoms with van der Waals surface area (Å²) >= 11 is 0. The second-order valence-corrected chi connectivity index (χ2v) is 14.2. The Balaban J connectivity index is 1.25. The summed E-state index contributed by atoms with van der Waals surface area (Å²) in [6.45, 7) is 2.07. The van der Waals surface area contributed by atoms with Gasteiger partial charge in [0.1, 0.15) is 0 Å². The number of benzene rings is 2. The van der Waals surface area contributed by atoms with Crippen molar-refractivity contribution in [3.05, 3.63) is 48.5 Å². The second kappa shape index (κ2) is 13.7. The molecule has 0 aromatic heterocycles. The second-order valence-electron chi connectivity index (χ2n) is 10.3. The molecule has 2 amide bonds. The summed E-state index contributed by atoms with van der Waals surface area (Å²) in [5, 5.41) is 5.38. The highest BCUT2D eigenvalue weighted by molar-refractivity contribution is 7.89. The summed E-state index contributed by atoms with van der Waals surface area (Å²) in [6.07, 6.45) is 7.41. The molecule has 2 aromatic carbocycles. The highest BCUT2D eigenvalue weighted by atomic mass is 32.2. The molecule has 0 atom stereocenters. The molecule has 2 fully saturated rings. The van der Waals surface area contributed by atoms with Crippen LogP contribution in [0.5, 0.6) is 0 Å². The lowest BCUT2D eigenvalue weighted by atomic mass is 10.2. The monoisotopic (exact) mass is 590 g/mol. The van der Waals surface area contributed by atoms with Crippen LogP contribution in [0.25, 0.3) is 0 Å². The van der Waals surface area contributed by atoms with Gasteiger partial charge in [-0.1, -0.05) is 25.7 Å². The fraction of sp³-hybridized carbons (Fsp3) is 0.500. The lowest BCUT2D eigenvalue weighted by Crippen LogP contribution is -2.31. The highest BCUT2D eigenvalue weighted by Gasteiger charge is 2.26. The zero-order chi connectivity index (χ0) is 28.6. The molecule has 2 heterocycles. The Morgan fingerprint density at radius 1 is 0.525 bits per heavy atom. The van der Waals surface area contributed by atoms with Gasteiger partial charge in [0, 0.05) is 50.4 Å². The minimum Gasteiger partial charge on any atom is -0.326 e. The van der Waals surface area contributed by atoms with Crippen molar-refractivity contribution in [3.63, 3.8) is 0 Å². The SMILES string of the molecule is O=C(CCC(=O)Nc1ccc(S(=O)(=O)N2CCCCCC2)cc1)Nc1ccc(S(=O)(=O)N2CCCCCC2)cc1. The molecular weight excluding hydrogens is 552 g/mol. The molecule has 2 N–H and O–H groups in total. The van der Waals surface area contributed by atoms with Crippen LogP contribution in [0.4, 0.5) is 11.4 Å². The molecule has 2 aliphatic heterocycles. The smallest absolute Gasteiger partial charge is 0.243 e. The number of hydrogen-bond acceptors (Lipinski definition) is 6. The van der Waals surface area contributed by atoms with Gasteiger partial charge in [-0.05, 0) is 74.2 Å². The number of carbonyl (C=O) groups excluding carboxylic acids is 2. The molecule has 0 unspecified atom stereocenters. The van der Waals surface area contributed by atoms with Crippen LogP contribution < -0.4 is 10.6 Å². The van der Waals surface area contributed by atoms with Crippen molar-refractivity contribution in [3.8, 4) is 0 Å². The van der Waals surface area contributed by atoms with E-state index in [4.69, 9.17) is 0 Å². The van der Waals surface area contributed by atoms with Crippen LogP contribution in [-0.4, -0.2) is 63.4 Å². The molecular formula is C28H38N4O6S2. The van der Waals surface area contributed by atoms with E-state index in [9.17, 15) is 26.4 Å². The van der Waals surface area contributed by atoms with E-state index in [1.54, 1.807) is 24.3 Å². The van der Waals surface area contributed by atoms with Gasteiger partial charge in [-0.2, -0.15) is 8.61 Å². The molecule has 2 saturated heterocycles. The molecule has 0 spiro atoms. The van der Waals surface area contributed by atoms with Crippen LogP contribution in [-0.2, 0) is 29.6 Å². The summed E-state index contributed by atoms with van der Waals surface area (Å²) in [4.78, 5) is 25.1. The van der Waals surface area contributed by atoms with Crippen molar-refractivity contribution in [2.24, 2.45) is 0 Å². The van der Waals surface area contributed by atoms with Gasteiger partial charge >= 0.3 is 0 Å². The summed E-state index contributed by atoms with van der Waals surface area (Å²) in [5.41, 5.74) is 0.892. The molecule has 218 valence electrons. The van der Waals surface area contributed by atoms with Crippen LogP contribution in [0, 0.1) is 0 Å². The molecule has 0 saturated carbocycles. The first-order chi connectivity index (χ1) is 19.2. The van der Waals surface area contributed by atoms with E-state index in [0.29, 0.717) is 37.6 Å². The quantitative estimate of drug-likeness (QED) is 0.450. The third-order valence-corrected chi connectivity index (χ3v) is 11.1. The van der Waals surface area contributed by atoms with Gasteiger partial charge in [0.15, 0.2) is 0 Å². The van der Waals surface area contributed by atoms with Crippen molar-refractivity contribution < 1.29 is 26.4 Å². The molecule has 2 aliphatic rings. The average molecular weight is 591 g/mol. The molecule has 10 nitrogen and oxygen atoms in total. The predicted octanol–water partition coefficient (Wildman–Crippen LogP) is 4.17. The van der Waals surface area contributed by atoms with Crippen molar-refractivity contribution in [1.82, 2.24) is 8.61 Å². The first-order valence-electron chi connectivity index (χ1n) is 14.0. The maximum absolute atomic E-state index is 12.9. The number of anilines is 2. The number of nitrogens with zero attached hydrogens (tertiary/aromatic N) is 2. The van der Waals surface area contributed by atoms with Gasteiger partial charge in [-0.15, -0.1) is 0 Å². The first-order valence-corrected chi connectivity index (χ1v) is 16.8. The van der Waals surface area contributed by atoms with E-state index >= 15 is 0 Å². The molecule has 2 aromatic rings. The highest BCUT2D eigenvalue weighted by Crippen LogP contribution is 2.23. The molecule has 12 heteroatoms. The van der Waals surface area contributed by atoms with Gasteiger partial charge in [0.2, 0.25) is 31.9 Å². The van der Waals surface area contributed by atoms with Gasteiger partial charge in [0.25, 0.3) is 0 Å². The standard InChI is InChI=1S/C28H38N4O6S2/c33-27(29-23-9-13-25(14-10-23)39(35,36)31-19-5-1-2-6-20-31)17-18-28(34)30-24-11-15-26(16-12-24)40(37,38)32-21-7-3-4-8-22-32/h9-16H,1-8,17-22H2,(H,29,33)(H,30,34). The van der Waals surface area contributed by atoms with E-state index in [0.717, 1.165) is 51.4 Å². The van der Waals surface area contributed by atoms with Crippen LogP contribution in [0.3, 0.4) is 0 Å². The third kappa shape index (κ3) is 7.90. The summed E-state index contributed by atoms with van der Waals surface area (Å²) in [5.74, 6) is -0.755. The molecule has 4 rings (SSSR count). The number of rotatable bonds is 9. The van der Waals surface area contributed by atoms with Crippen molar-refractivity contribution >= 4 is 43.2 Å². The molecule has 0 bridgehead atoms. The minimum absolute atomic E-state index is 0.0684. The number of amides is 2. The van der Waals surface area contributed by atoms with Crippen LogP contribution in [0.2, 0.25) is 0 Å². The largest absolute Gasteiger partial charge is 0.326 e. The molecule has 40 heavy (non-hydrogen) atoms. The Morgan fingerprint density at radius 3 is 1.12 bits per heavy atom. The summed E-state index contributed by atoms with van der Waals surface area (Å²) < 4.78 is 54.7. The Bertz CT molecular complexity index is 1250. The predicted molar refractivity (Wildman–Crippen MR) is 154 cm³/mol. The van der Waals surface area contributed by atoms with E-state index in [1.165, 1.54) is 32.9 Å². The Hall–Kier alpha value is -2.80. The Morgan fingerprint density at radius 2 is 0.825 bits per heavy atom. The Kier molecular flexibility index (Phi) is 10.3. The van der Waals surface area contributed by atoms with Gasteiger partial charge < -0.3 is 10.6 Å². The average Bonchev–Trinajstić information content (AvgIpc) is 3.39. The number of sulfonamides is 2. The Labute approximate surface area is 237 Å². The minimum atomic E-state index is -3.57. The van der Waals surface area contributed by atoms with Crippen LogP contribution in [0.15, 0.2) is 58.3 Å². The number of hydrogen-bond donors (Lipinski definition) is 2. The summed E-state index contributed by atoms with van der Waals surface area (Å²) in [6, 6.07) is 12.1. The third-order valence-electron chi connectivity index (χ3n) is 7.26. The van der Waals surface area contributed by atoms with Crippen molar-refractivity contribution in [2.45, 2.75) is 74.0 Å². The normalized spacial score (nSPS) is 17.9. The van der Waals surface area contributed by atoms with Crippen molar-refractivity contribution in [1.29, 1.82) is 0 Å². The number of nitrogens with one attached hydrogen (secondary N) is 2. The van der Waals surface area contributed by atoms with Crippen LogP contribution >= 0.6 is 0 Å². The lowest BCUT2D eigenvalue weighted by molar-refractivity contribution is -0.121. The fourth-order valence-electron chi connectivity index (χ4n) is 4.96. The lowest BCUT2D eigenvalue weighted by Gasteiger charge is -2.20. The van der Waals surface area contributed by atoms with E-state index in [-0.39, 0.29) is 34.4 Å². The first kappa shape index (κ1) is 30.2. The van der Waals surface area contributed by atoms with E-state index in [1.807, 2.05) is 0 Å². The topological polar surface area (TPSA) is 133 Å². The zero-order valence-electron chi connectivity index (χ0n) is 22.7. The van der Waals surface area contributed by atoms with Gasteiger partial charge in [0.05, 0.1) is 9.79 Å². The maximum atomic E-state index is 12.9. The van der Waals surface area contributed by atoms with Gasteiger partial charge in [-0.25, -0.2) is 16.8 Å². The maximum Gasteiger partial charge on any atom is 0.243 e. The fourth-order valence-corrected chi connectivity index (χ4v) is 7.99. The van der Waals surface area contributed by atoms with Crippen molar-refractivity contribution in [2.75, 3.05) is 36.8 Å². The van der Waals surface area contributed by atoms with Crippen LogP contribution in [0.1, 0.15) is 64.2 Å².